The molecule has 1 aliphatic rings. The number of hydrogen-bond acceptors (Lipinski definition) is 6. The van der Waals surface area contributed by atoms with Crippen LogP contribution in [0.4, 0.5) is 0 Å². The van der Waals surface area contributed by atoms with Crippen LogP contribution in [0.15, 0.2) is 0 Å². The van der Waals surface area contributed by atoms with E-state index >= 15 is 0 Å². The lowest BCUT2D eigenvalue weighted by Gasteiger charge is -2.26. The van der Waals surface area contributed by atoms with Crippen molar-refractivity contribution in [3.05, 3.63) is 0 Å². The summed E-state index contributed by atoms with van der Waals surface area (Å²) in [4.78, 5) is 13.3. The van der Waals surface area contributed by atoms with Crippen LogP contribution < -0.4 is 5.73 Å². The molecular formula is C10H20N2O5S2. The Morgan fingerprint density at radius 1 is 1.47 bits per heavy atom. The van der Waals surface area contributed by atoms with E-state index in [0.717, 1.165) is 6.26 Å². The molecule has 2 N–H and O–H groups in total. The standard InChI is InChI=1S/C10H20N2O5S2/c1-12(8-3-6-19(16,17)7-8)10(13)9(11)4-5-18(2,14)15/h8-9H,3-7,11H2,1-2H3. The molecule has 9 heteroatoms. The predicted octanol–water partition coefficient (Wildman–Crippen LogP) is -1.61. The first-order valence-corrected chi connectivity index (χ1v) is 9.80. The van der Waals surface area contributed by atoms with Gasteiger partial charge in [0.2, 0.25) is 5.91 Å². The van der Waals surface area contributed by atoms with E-state index in [1.54, 1.807) is 0 Å². The van der Waals surface area contributed by atoms with Crippen molar-refractivity contribution in [2.75, 3.05) is 30.6 Å². The fourth-order valence-corrected chi connectivity index (χ4v) is 4.44. The van der Waals surface area contributed by atoms with Crippen molar-refractivity contribution in [1.82, 2.24) is 4.90 Å². The maximum Gasteiger partial charge on any atom is 0.239 e. The quantitative estimate of drug-likeness (QED) is 0.653. The highest BCUT2D eigenvalue weighted by Gasteiger charge is 2.34. The predicted molar refractivity (Wildman–Crippen MR) is 72.1 cm³/mol. The Morgan fingerprint density at radius 2 is 2.05 bits per heavy atom. The van der Waals surface area contributed by atoms with Crippen LogP contribution in [-0.4, -0.2) is 70.3 Å². The van der Waals surface area contributed by atoms with Crippen molar-refractivity contribution in [3.63, 3.8) is 0 Å². The molecule has 0 aromatic rings. The molecule has 0 saturated carbocycles. The Morgan fingerprint density at radius 3 is 2.47 bits per heavy atom. The molecule has 1 heterocycles. The molecule has 0 spiro atoms. The van der Waals surface area contributed by atoms with Crippen molar-refractivity contribution < 1.29 is 21.6 Å². The van der Waals surface area contributed by atoms with Crippen LogP contribution in [0.1, 0.15) is 12.8 Å². The minimum atomic E-state index is -3.16. The van der Waals surface area contributed by atoms with Gasteiger partial charge in [-0.15, -0.1) is 0 Å². The zero-order valence-electron chi connectivity index (χ0n) is 11.1. The summed E-state index contributed by atoms with van der Waals surface area (Å²) in [6.45, 7) is 0. The summed E-state index contributed by atoms with van der Waals surface area (Å²) < 4.78 is 44.7. The second-order valence-corrected chi connectivity index (χ2v) is 9.52. The van der Waals surface area contributed by atoms with Gasteiger partial charge in [-0.05, 0) is 12.8 Å². The third kappa shape index (κ3) is 5.07. The number of carbonyl (C=O) groups is 1. The van der Waals surface area contributed by atoms with Gasteiger partial charge < -0.3 is 10.6 Å². The summed E-state index contributed by atoms with van der Waals surface area (Å²) in [6.07, 6.45) is 1.53. The third-order valence-electron chi connectivity index (χ3n) is 3.22. The Kier molecular flexibility index (Phi) is 4.97. The van der Waals surface area contributed by atoms with E-state index in [1.807, 2.05) is 0 Å². The summed E-state index contributed by atoms with van der Waals surface area (Å²) in [5, 5.41) is 0. The zero-order valence-corrected chi connectivity index (χ0v) is 12.7. The fourth-order valence-electron chi connectivity index (χ4n) is 1.99. The molecule has 1 amide bonds. The Labute approximate surface area is 114 Å². The van der Waals surface area contributed by atoms with Crippen molar-refractivity contribution in [2.45, 2.75) is 24.9 Å². The molecule has 2 unspecified atom stereocenters. The van der Waals surface area contributed by atoms with Crippen LogP contribution in [0, 0.1) is 0 Å². The van der Waals surface area contributed by atoms with Crippen molar-refractivity contribution >= 4 is 25.6 Å². The van der Waals surface area contributed by atoms with Crippen LogP contribution in [0.3, 0.4) is 0 Å². The largest absolute Gasteiger partial charge is 0.340 e. The topological polar surface area (TPSA) is 115 Å². The van der Waals surface area contributed by atoms with Gasteiger partial charge in [0.25, 0.3) is 0 Å². The van der Waals surface area contributed by atoms with Gasteiger partial charge in [-0.3, -0.25) is 4.79 Å². The van der Waals surface area contributed by atoms with Gasteiger partial charge in [0.1, 0.15) is 9.84 Å². The Balaban J connectivity index is 2.57. The second-order valence-electron chi connectivity index (χ2n) is 5.03. The van der Waals surface area contributed by atoms with E-state index in [0.29, 0.717) is 6.42 Å². The minimum absolute atomic E-state index is 0.0431. The van der Waals surface area contributed by atoms with E-state index in [9.17, 15) is 21.6 Å². The number of likely N-dealkylation sites (N-methyl/N-ethyl adjacent to an activating group) is 1. The molecule has 0 bridgehead atoms. The molecular weight excluding hydrogens is 292 g/mol. The number of nitrogens with zero attached hydrogens (tertiary/aromatic N) is 1. The first-order valence-electron chi connectivity index (χ1n) is 5.92. The molecule has 112 valence electrons. The maximum atomic E-state index is 12.0. The Hall–Kier alpha value is -0.670. The number of nitrogens with two attached hydrogens (primary N) is 1. The second kappa shape index (κ2) is 5.76. The molecule has 1 aliphatic heterocycles. The van der Waals surface area contributed by atoms with E-state index in [-0.39, 0.29) is 29.7 Å². The smallest absolute Gasteiger partial charge is 0.239 e. The van der Waals surface area contributed by atoms with Gasteiger partial charge in [-0.2, -0.15) is 0 Å². The lowest BCUT2D eigenvalue weighted by atomic mass is 10.1. The average Bonchev–Trinajstić information content (AvgIpc) is 2.63. The maximum absolute atomic E-state index is 12.0. The summed E-state index contributed by atoms with van der Waals surface area (Å²) in [5.41, 5.74) is 5.66. The fraction of sp³-hybridized carbons (Fsp3) is 0.900. The summed E-state index contributed by atoms with van der Waals surface area (Å²) in [7, 11) is -4.72. The van der Waals surface area contributed by atoms with Crippen LogP contribution in [-0.2, 0) is 24.5 Å². The van der Waals surface area contributed by atoms with Crippen LogP contribution in [0.5, 0.6) is 0 Å². The molecule has 0 aliphatic carbocycles. The number of hydrogen-bond donors (Lipinski definition) is 1. The van der Waals surface area contributed by atoms with Crippen molar-refractivity contribution in [1.29, 1.82) is 0 Å². The van der Waals surface area contributed by atoms with Crippen molar-refractivity contribution in [2.24, 2.45) is 5.73 Å². The van der Waals surface area contributed by atoms with E-state index in [2.05, 4.69) is 0 Å². The zero-order chi connectivity index (χ0) is 14.8. The highest BCUT2D eigenvalue weighted by Crippen LogP contribution is 2.17. The number of rotatable bonds is 5. The van der Waals surface area contributed by atoms with E-state index in [1.165, 1.54) is 11.9 Å². The molecule has 19 heavy (non-hydrogen) atoms. The van der Waals surface area contributed by atoms with Crippen LogP contribution in [0.2, 0.25) is 0 Å². The van der Waals surface area contributed by atoms with Gasteiger partial charge in [-0.25, -0.2) is 16.8 Å². The molecule has 0 radical (unpaired) electrons. The molecule has 7 nitrogen and oxygen atoms in total. The lowest BCUT2D eigenvalue weighted by Crippen LogP contribution is -2.47. The van der Waals surface area contributed by atoms with Gasteiger partial charge in [0.15, 0.2) is 9.84 Å². The molecule has 0 aromatic carbocycles. The monoisotopic (exact) mass is 312 g/mol. The number of carbonyl (C=O) groups excluding carboxylic acids is 1. The van der Waals surface area contributed by atoms with Gasteiger partial charge in [0.05, 0.1) is 23.3 Å². The van der Waals surface area contributed by atoms with E-state index < -0.39 is 31.6 Å². The highest BCUT2D eigenvalue weighted by atomic mass is 32.2. The van der Waals surface area contributed by atoms with Crippen LogP contribution in [0.25, 0.3) is 0 Å². The molecule has 1 fully saturated rings. The normalized spacial score (nSPS) is 24.1. The number of sulfone groups is 2. The summed E-state index contributed by atoms with van der Waals surface area (Å²) >= 11 is 0. The first-order chi connectivity index (χ1) is 8.52. The van der Waals surface area contributed by atoms with Crippen LogP contribution >= 0.6 is 0 Å². The van der Waals surface area contributed by atoms with Gasteiger partial charge in [0, 0.05) is 19.3 Å². The molecule has 1 rings (SSSR count). The van der Waals surface area contributed by atoms with Crippen molar-refractivity contribution in [3.8, 4) is 0 Å². The van der Waals surface area contributed by atoms with E-state index in [4.69, 9.17) is 5.73 Å². The third-order valence-corrected chi connectivity index (χ3v) is 5.95. The Bertz CT molecular complexity index is 540. The molecule has 0 aromatic heterocycles. The molecule has 1 saturated heterocycles. The highest BCUT2D eigenvalue weighted by molar-refractivity contribution is 7.91. The SMILES string of the molecule is CN(C(=O)C(N)CCS(C)(=O)=O)C1CCS(=O)(=O)C1. The first kappa shape index (κ1) is 16.4. The number of amides is 1. The van der Waals surface area contributed by atoms with Gasteiger partial charge >= 0.3 is 0 Å². The molecule has 2 atom stereocenters. The average molecular weight is 312 g/mol. The summed E-state index contributed by atoms with van der Waals surface area (Å²) in [6, 6.07) is -1.27. The summed E-state index contributed by atoms with van der Waals surface area (Å²) in [5.74, 6) is -0.538. The minimum Gasteiger partial charge on any atom is -0.340 e. The van der Waals surface area contributed by atoms with Gasteiger partial charge in [-0.1, -0.05) is 0 Å². The lowest BCUT2D eigenvalue weighted by molar-refractivity contribution is -0.132.